The average Bonchev–Trinajstić information content (AvgIpc) is 3.29. The van der Waals surface area contributed by atoms with E-state index in [0.717, 1.165) is 13.2 Å². The van der Waals surface area contributed by atoms with Crippen molar-refractivity contribution >= 4 is 40.3 Å². The van der Waals surface area contributed by atoms with Gasteiger partial charge in [0.05, 0.1) is 12.6 Å². The molecule has 1 heterocycles. The Bertz CT molecular complexity index is 1110. The van der Waals surface area contributed by atoms with E-state index in [1.54, 1.807) is 0 Å². The first kappa shape index (κ1) is 20.2. The summed E-state index contributed by atoms with van der Waals surface area (Å²) in [5.41, 5.74) is 1.37. The molecule has 31 heavy (non-hydrogen) atoms. The molecule has 0 bridgehead atoms. The molecule has 156 valence electrons. The number of nitrogens with zero attached hydrogens (tertiary/aromatic N) is 1. The molecule has 0 aliphatic carbocycles. The summed E-state index contributed by atoms with van der Waals surface area (Å²) in [6.07, 6.45) is 2.41. The van der Waals surface area contributed by atoms with Crippen LogP contribution in [0.2, 0.25) is 0 Å². The Balaban J connectivity index is 1.78. The largest absolute Gasteiger partial charge is 0.383 e. The van der Waals surface area contributed by atoms with Gasteiger partial charge in [-0.05, 0) is 48.2 Å². The minimum Gasteiger partial charge on any atom is -0.383 e. The van der Waals surface area contributed by atoms with Crippen molar-refractivity contribution in [2.24, 2.45) is 0 Å². The van der Waals surface area contributed by atoms with Gasteiger partial charge in [0.15, 0.2) is 0 Å². The molecule has 0 amide bonds. The number of methoxy groups -OCH3 is 1. The minimum atomic E-state index is -0.693. The van der Waals surface area contributed by atoms with Gasteiger partial charge in [-0.2, -0.15) is 0 Å². The topological polar surface area (TPSA) is 12.5 Å². The Morgan fingerprint density at radius 2 is 1.45 bits per heavy atom. The van der Waals surface area contributed by atoms with Crippen molar-refractivity contribution in [3.8, 4) is 0 Å². The molecule has 0 saturated carbocycles. The van der Waals surface area contributed by atoms with Crippen molar-refractivity contribution in [2.45, 2.75) is 18.9 Å². The predicted octanol–water partition coefficient (Wildman–Crippen LogP) is 5.21. The highest BCUT2D eigenvalue weighted by molar-refractivity contribution is 7.80. The Hall–Kier alpha value is -2.67. The van der Waals surface area contributed by atoms with Gasteiger partial charge < -0.3 is 9.64 Å². The lowest BCUT2D eigenvalue weighted by Crippen LogP contribution is -2.37. The lowest BCUT2D eigenvalue weighted by atomic mass is 10.1. The number of benzene rings is 4. The van der Waals surface area contributed by atoms with Gasteiger partial charge >= 0.3 is 0 Å². The molecule has 0 radical (unpaired) electrons. The van der Waals surface area contributed by atoms with Gasteiger partial charge in [0.25, 0.3) is 0 Å². The normalized spacial score (nSPS) is 16.3. The summed E-state index contributed by atoms with van der Waals surface area (Å²) in [7, 11) is 1.12. The monoisotopic (exact) mass is 425 g/mol. The number of ether oxygens (including phenoxy) is 1. The van der Waals surface area contributed by atoms with Crippen LogP contribution in [0.3, 0.4) is 0 Å². The second kappa shape index (κ2) is 9.22. The number of hydrogen-bond donors (Lipinski definition) is 0. The highest BCUT2D eigenvalue weighted by Gasteiger charge is 2.30. The number of rotatable bonds is 6. The highest BCUT2D eigenvalue weighted by Crippen LogP contribution is 2.41. The van der Waals surface area contributed by atoms with E-state index in [4.69, 9.17) is 4.74 Å². The van der Waals surface area contributed by atoms with Gasteiger partial charge in [-0.25, -0.2) is 0 Å². The third kappa shape index (κ3) is 3.99. The summed E-state index contributed by atoms with van der Waals surface area (Å²) in [6.45, 7) is 1.87. The molecule has 0 N–H and O–H groups in total. The minimum absolute atomic E-state index is 0.438. The van der Waals surface area contributed by atoms with E-state index in [1.807, 2.05) is 7.11 Å². The lowest BCUT2D eigenvalue weighted by molar-refractivity contribution is 0.181. The highest BCUT2D eigenvalue weighted by atomic mass is 31.1. The molecule has 1 aliphatic rings. The van der Waals surface area contributed by atoms with Gasteiger partial charge in [0.1, 0.15) is 0 Å². The fourth-order valence-corrected chi connectivity index (χ4v) is 7.42. The van der Waals surface area contributed by atoms with E-state index >= 15 is 0 Å². The Morgan fingerprint density at radius 1 is 0.806 bits per heavy atom. The van der Waals surface area contributed by atoms with Gasteiger partial charge in [-0.3, -0.25) is 0 Å². The zero-order valence-corrected chi connectivity index (χ0v) is 18.8. The summed E-state index contributed by atoms with van der Waals surface area (Å²) < 4.78 is 5.60. The maximum atomic E-state index is 5.60. The Kier molecular flexibility index (Phi) is 6.02. The molecule has 1 saturated heterocycles. The molecule has 1 fully saturated rings. The van der Waals surface area contributed by atoms with E-state index < -0.39 is 7.92 Å². The molecule has 1 aliphatic heterocycles. The van der Waals surface area contributed by atoms with Crippen LogP contribution in [0.25, 0.3) is 10.8 Å². The average molecular weight is 426 g/mol. The SMILES string of the molecule is COC[C@H]1CCCN1c1ccc2ccccc2c1P(c1ccccc1)c1ccccc1. The zero-order chi connectivity index (χ0) is 21.0. The van der Waals surface area contributed by atoms with Gasteiger partial charge in [-0.1, -0.05) is 91.0 Å². The third-order valence-electron chi connectivity index (χ3n) is 6.18. The quantitative estimate of drug-likeness (QED) is 0.393. The third-order valence-corrected chi connectivity index (χ3v) is 8.72. The van der Waals surface area contributed by atoms with Crippen molar-refractivity contribution in [1.29, 1.82) is 0 Å². The second-order valence-corrected chi connectivity index (χ2v) is 10.3. The van der Waals surface area contributed by atoms with E-state index in [0.29, 0.717) is 6.04 Å². The molecule has 0 aromatic heterocycles. The first-order valence-corrected chi connectivity index (χ1v) is 12.4. The van der Waals surface area contributed by atoms with Crippen LogP contribution in [-0.4, -0.2) is 26.3 Å². The van der Waals surface area contributed by atoms with Crippen LogP contribution >= 0.6 is 7.92 Å². The molecule has 1 atom stereocenters. The van der Waals surface area contributed by atoms with Gasteiger partial charge in [0, 0.05) is 24.6 Å². The molecule has 2 nitrogen and oxygen atoms in total. The fraction of sp³-hybridized carbons (Fsp3) is 0.214. The second-order valence-electron chi connectivity index (χ2n) is 8.11. The summed E-state index contributed by atoms with van der Waals surface area (Å²) in [6, 6.07) is 36.0. The van der Waals surface area contributed by atoms with Crippen LogP contribution in [0, 0.1) is 0 Å². The number of anilines is 1. The van der Waals surface area contributed by atoms with E-state index in [2.05, 4.69) is 102 Å². The van der Waals surface area contributed by atoms with E-state index in [1.165, 1.54) is 45.2 Å². The number of hydrogen-bond acceptors (Lipinski definition) is 2. The smallest absolute Gasteiger partial charge is 0.0666 e. The van der Waals surface area contributed by atoms with E-state index in [-0.39, 0.29) is 0 Å². The Labute approximate surface area is 186 Å². The van der Waals surface area contributed by atoms with Crippen LogP contribution in [-0.2, 0) is 4.74 Å². The van der Waals surface area contributed by atoms with Crippen LogP contribution in [0.5, 0.6) is 0 Å². The maximum Gasteiger partial charge on any atom is 0.0666 e. The maximum absolute atomic E-state index is 5.60. The summed E-state index contributed by atoms with van der Waals surface area (Å²) >= 11 is 0. The summed E-state index contributed by atoms with van der Waals surface area (Å²) in [4.78, 5) is 2.60. The lowest BCUT2D eigenvalue weighted by Gasteiger charge is -2.32. The van der Waals surface area contributed by atoms with E-state index in [9.17, 15) is 0 Å². The van der Waals surface area contributed by atoms with Crippen LogP contribution in [0.15, 0.2) is 97.1 Å². The molecule has 0 spiro atoms. The standard InChI is InChI=1S/C28H28NOP/c1-30-21-23-12-10-20-29(23)27-19-18-22-11-8-9-17-26(22)28(27)31(24-13-4-2-5-14-24)25-15-6-3-7-16-25/h2-9,11,13-19,23H,10,12,20-21H2,1H3/t23-/m1/s1. The molecule has 0 unspecified atom stereocenters. The molecule has 4 aromatic carbocycles. The Morgan fingerprint density at radius 3 is 2.13 bits per heavy atom. The van der Waals surface area contributed by atoms with Gasteiger partial charge in [0.2, 0.25) is 0 Å². The predicted molar refractivity (Wildman–Crippen MR) is 135 cm³/mol. The molecule has 3 heteroatoms. The first-order chi connectivity index (χ1) is 15.4. The van der Waals surface area contributed by atoms with Crippen molar-refractivity contribution in [3.63, 3.8) is 0 Å². The zero-order valence-electron chi connectivity index (χ0n) is 17.9. The molecular weight excluding hydrogens is 397 g/mol. The van der Waals surface area contributed by atoms with Crippen LogP contribution in [0.1, 0.15) is 12.8 Å². The molecule has 4 aromatic rings. The number of fused-ring (bicyclic) bond motifs is 1. The molecular formula is C28H28NOP. The van der Waals surface area contributed by atoms with Crippen LogP contribution < -0.4 is 20.8 Å². The summed E-state index contributed by atoms with van der Waals surface area (Å²) in [5.74, 6) is 0. The summed E-state index contributed by atoms with van der Waals surface area (Å²) in [5, 5.41) is 6.92. The van der Waals surface area contributed by atoms with Crippen LogP contribution in [0.4, 0.5) is 5.69 Å². The fourth-order valence-electron chi connectivity index (χ4n) is 4.79. The van der Waals surface area contributed by atoms with Crippen molar-refractivity contribution in [2.75, 3.05) is 25.2 Å². The first-order valence-electron chi connectivity index (χ1n) is 11.0. The van der Waals surface area contributed by atoms with Gasteiger partial charge in [-0.15, -0.1) is 0 Å². The van der Waals surface area contributed by atoms with Crippen molar-refractivity contribution < 1.29 is 4.74 Å². The van der Waals surface area contributed by atoms with Crippen molar-refractivity contribution in [3.05, 3.63) is 97.1 Å². The van der Waals surface area contributed by atoms with Crippen molar-refractivity contribution in [1.82, 2.24) is 0 Å². The molecule has 5 rings (SSSR count).